The Labute approximate surface area is 398 Å². The van der Waals surface area contributed by atoms with E-state index < -0.39 is 0 Å². The van der Waals surface area contributed by atoms with Gasteiger partial charge in [-0.1, -0.05) is 189 Å². The van der Waals surface area contributed by atoms with Crippen LogP contribution in [0, 0.1) is 0 Å². The van der Waals surface area contributed by atoms with E-state index in [-0.39, 0.29) is 0 Å². The molecule has 2 heterocycles. The molecule has 10 aromatic rings. The molecule has 1 aliphatic carbocycles. The van der Waals surface area contributed by atoms with E-state index in [1.807, 2.05) is 35.6 Å². The van der Waals surface area contributed by atoms with Crippen LogP contribution in [0.3, 0.4) is 0 Å². The van der Waals surface area contributed by atoms with Gasteiger partial charge in [0.2, 0.25) is 0 Å². The third-order valence-electron chi connectivity index (χ3n) is 13.5. The Morgan fingerprint density at radius 3 is 1.72 bits per heavy atom. The molecule has 0 atom stereocenters. The Kier molecular flexibility index (Phi) is 11.9. The topological polar surface area (TPSA) is 16.4 Å². The molecule has 1 saturated carbocycles. The zero-order valence-corrected chi connectivity index (χ0v) is 38.3. The molecule has 0 amide bonds. The van der Waals surface area contributed by atoms with Crippen LogP contribution in [0.4, 0.5) is 11.4 Å². The Morgan fingerprint density at radius 2 is 1.03 bits per heavy atom. The number of allylic oxidation sites excluding steroid dienone is 4. The fraction of sp³-hybridized carbons (Fsp3) is 0.0938. The average molecular weight is 882 g/mol. The van der Waals surface area contributed by atoms with E-state index >= 15 is 0 Å². The molecule has 3 heteroatoms. The van der Waals surface area contributed by atoms with Crippen molar-refractivity contribution in [1.29, 1.82) is 0 Å². The van der Waals surface area contributed by atoms with Gasteiger partial charge in [0.25, 0.3) is 0 Å². The van der Waals surface area contributed by atoms with Gasteiger partial charge in [-0.05, 0) is 142 Å². The summed E-state index contributed by atoms with van der Waals surface area (Å²) in [6.07, 6.45) is 12.9. The van der Waals surface area contributed by atoms with Gasteiger partial charge in [-0.15, -0.1) is 11.3 Å². The summed E-state index contributed by atoms with van der Waals surface area (Å²) in [6, 6.07) is 77.4. The summed E-state index contributed by atoms with van der Waals surface area (Å²) in [7, 11) is 0. The van der Waals surface area contributed by atoms with E-state index in [9.17, 15) is 0 Å². The van der Waals surface area contributed by atoms with Gasteiger partial charge in [-0.3, -0.25) is 0 Å². The Hall–Kier alpha value is -7.72. The van der Waals surface area contributed by atoms with Gasteiger partial charge >= 0.3 is 0 Å². The van der Waals surface area contributed by atoms with E-state index in [2.05, 4.69) is 224 Å². The molecule has 0 aliphatic heterocycles. The van der Waals surface area contributed by atoms with Gasteiger partial charge in [-0.2, -0.15) is 0 Å². The van der Waals surface area contributed by atoms with Crippen LogP contribution in [0.25, 0.3) is 76.7 Å². The number of hydrogen-bond acceptors (Lipinski definition) is 3. The standard InChI is InChI=1S/C64H51NOS/c1-2-46(17-11-14-45-12-5-3-6-13-45)48-28-35-56(36-29-48)65(57-37-30-51(31-38-57)50-22-20-49(21-23-50)47-15-7-4-8-16-47)58-39-32-54(33-40-58)64-43-42-63(67-64)53-26-24-52(25-27-53)55-34-41-62-60(44-55)59-18-9-10-19-61(59)66-62/h2-29,32-36,39-44,51,57H,1,30-31,37-38H2/b14-11+,46-17+. The van der Waals surface area contributed by atoms with Crippen LogP contribution in [0.1, 0.15) is 48.3 Å². The van der Waals surface area contributed by atoms with Crippen molar-refractivity contribution in [2.45, 2.75) is 37.6 Å². The second-order valence-corrected chi connectivity index (χ2v) is 18.7. The van der Waals surface area contributed by atoms with Crippen LogP contribution in [-0.4, -0.2) is 6.04 Å². The predicted molar refractivity (Wildman–Crippen MR) is 287 cm³/mol. The van der Waals surface area contributed by atoms with Crippen LogP contribution >= 0.6 is 11.3 Å². The molecule has 2 aromatic heterocycles. The third-order valence-corrected chi connectivity index (χ3v) is 14.7. The number of hydrogen-bond donors (Lipinski definition) is 0. The molecule has 67 heavy (non-hydrogen) atoms. The second kappa shape index (κ2) is 19.0. The molecule has 0 N–H and O–H groups in total. The highest BCUT2D eigenvalue weighted by Gasteiger charge is 2.28. The summed E-state index contributed by atoms with van der Waals surface area (Å²) in [5.41, 5.74) is 16.6. The van der Waals surface area contributed by atoms with Crippen molar-refractivity contribution in [1.82, 2.24) is 0 Å². The summed E-state index contributed by atoms with van der Waals surface area (Å²) in [6.45, 7) is 4.16. The Morgan fingerprint density at radius 1 is 0.493 bits per heavy atom. The zero-order valence-electron chi connectivity index (χ0n) is 37.5. The van der Waals surface area contributed by atoms with Crippen LogP contribution in [-0.2, 0) is 0 Å². The van der Waals surface area contributed by atoms with Gasteiger partial charge in [-0.25, -0.2) is 0 Å². The summed E-state index contributed by atoms with van der Waals surface area (Å²) >= 11 is 1.85. The zero-order chi connectivity index (χ0) is 44.9. The first-order chi connectivity index (χ1) is 33.1. The van der Waals surface area contributed by atoms with Crippen LogP contribution in [0.5, 0.6) is 0 Å². The summed E-state index contributed by atoms with van der Waals surface area (Å²) in [5.74, 6) is 0.563. The number of nitrogens with zero attached hydrogens (tertiary/aromatic N) is 1. The van der Waals surface area contributed by atoms with Crippen LogP contribution < -0.4 is 4.90 Å². The molecule has 1 aliphatic rings. The SMILES string of the molecule is C=C/C(=C\C=C\c1ccccc1)c1ccc(N(c2ccc(-c3ccc(-c4ccc(-c5ccc6oc7ccccc7c6c5)cc4)s3)cc2)C2CCC(c3ccc(-c4ccccc4)cc3)CC2)cc1. The molecule has 0 spiro atoms. The molecule has 0 unspecified atom stereocenters. The first-order valence-electron chi connectivity index (χ1n) is 23.5. The maximum atomic E-state index is 6.08. The fourth-order valence-corrected chi connectivity index (χ4v) is 10.9. The molecule has 11 rings (SSSR count). The smallest absolute Gasteiger partial charge is 0.135 e. The minimum atomic E-state index is 0.386. The first-order valence-corrected chi connectivity index (χ1v) is 24.3. The lowest BCUT2D eigenvalue weighted by atomic mass is 9.80. The highest BCUT2D eigenvalue weighted by atomic mass is 32.1. The number of anilines is 2. The van der Waals surface area contributed by atoms with Crippen molar-refractivity contribution in [2.24, 2.45) is 0 Å². The summed E-state index contributed by atoms with van der Waals surface area (Å²) in [4.78, 5) is 5.13. The molecule has 2 nitrogen and oxygen atoms in total. The lowest BCUT2D eigenvalue weighted by Crippen LogP contribution is -2.34. The minimum Gasteiger partial charge on any atom is -0.456 e. The van der Waals surface area contributed by atoms with E-state index in [4.69, 9.17) is 4.42 Å². The highest BCUT2D eigenvalue weighted by molar-refractivity contribution is 7.18. The number of rotatable bonds is 12. The second-order valence-electron chi connectivity index (χ2n) is 17.6. The number of furan rings is 1. The molecule has 0 radical (unpaired) electrons. The lowest BCUT2D eigenvalue weighted by molar-refractivity contribution is 0.392. The van der Waals surface area contributed by atoms with Crippen LogP contribution in [0.15, 0.2) is 242 Å². The monoisotopic (exact) mass is 881 g/mol. The van der Waals surface area contributed by atoms with Gasteiger partial charge < -0.3 is 9.32 Å². The molecule has 324 valence electrons. The van der Waals surface area contributed by atoms with E-state index in [0.717, 1.165) is 58.8 Å². The number of para-hydroxylation sites is 1. The summed E-state index contributed by atoms with van der Waals surface area (Å²) < 4.78 is 6.08. The normalized spacial score (nSPS) is 15.3. The number of fused-ring (bicyclic) bond motifs is 3. The number of benzene rings is 8. The van der Waals surface area contributed by atoms with E-state index in [1.165, 1.54) is 65.6 Å². The summed E-state index contributed by atoms with van der Waals surface area (Å²) in [5, 5.41) is 2.30. The largest absolute Gasteiger partial charge is 0.456 e. The van der Waals surface area contributed by atoms with E-state index in [1.54, 1.807) is 0 Å². The fourth-order valence-electron chi connectivity index (χ4n) is 9.91. The maximum absolute atomic E-state index is 6.08. The quantitative estimate of drug-likeness (QED) is 0.114. The van der Waals surface area contributed by atoms with Gasteiger partial charge in [0, 0.05) is 37.9 Å². The Balaban J connectivity index is 0.829. The van der Waals surface area contributed by atoms with Crippen molar-refractivity contribution in [3.05, 3.63) is 254 Å². The van der Waals surface area contributed by atoms with Crippen molar-refractivity contribution < 1.29 is 4.42 Å². The molecular weight excluding hydrogens is 831 g/mol. The average Bonchev–Trinajstić information content (AvgIpc) is 4.05. The molecule has 0 bridgehead atoms. The molecular formula is C64H51NOS. The van der Waals surface area contributed by atoms with Crippen molar-refractivity contribution in [3.8, 4) is 43.1 Å². The van der Waals surface area contributed by atoms with Gasteiger partial charge in [0.1, 0.15) is 11.2 Å². The predicted octanol–water partition coefficient (Wildman–Crippen LogP) is 18.5. The van der Waals surface area contributed by atoms with Crippen molar-refractivity contribution in [3.63, 3.8) is 0 Å². The van der Waals surface area contributed by atoms with Crippen molar-refractivity contribution in [2.75, 3.05) is 4.90 Å². The van der Waals surface area contributed by atoms with Crippen molar-refractivity contribution >= 4 is 56.3 Å². The molecule has 0 saturated heterocycles. The van der Waals surface area contributed by atoms with Gasteiger partial charge in [0.05, 0.1) is 0 Å². The minimum absolute atomic E-state index is 0.386. The molecule has 8 aromatic carbocycles. The van der Waals surface area contributed by atoms with Gasteiger partial charge in [0.15, 0.2) is 0 Å². The highest BCUT2D eigenvalue weighted by Crippen LogP contribution is 2.42. The van der Waals surface area contributed by atoms with Crippen LogP contribution in [0.2, 0.25) is 0 Å². The molecule has 1 fully saturated rings. The lowest BCUT2D eigenvalue weighted by Gasteiger charge is -2.39. The third kappa shape index (κ3) is 8.99. The number of thiophene rings is 1. The Bertz CT molecular complexity index is 3330. The van der Waals surface area contributed by atoms with E-state index in [0.29, 0.717) is 12.0 Å². The first kappa shape index (κ1) is 41.9. The maximum Gasteiger partial charge on any atom is 0.135 e.